The van der Waals surface area contributed by atoms with Crippen molar-refractivity contribution in [3.63, 3.8) is 0 Å². The molecule has 35 heavy (non-hydrogen) atoms. The number of hydrogen-bond acceptors (Lipinski definition) is 6. The van der Waals surface area contributed by atoms with Crippen LogP contribution < -0.4 is 9.64 Å². The van der Waals surface area contributed by atoms with Gasteiger partial charge in [0.25, 0.3) is 11.7 Å². The van der Waals surface area contributed by atoms with Crippen LogP contribution in [0.2, 0.25) is 0 Å². The number of ketones is 1. The molecule has 0 aliphatic carbocycles. The number of carbonyl (C=O) groups excluding carboxylic acids is 3. The second-order valence-electron chi connectivity index (χ2n) is 8.56. The summed E-state index contributed by atoms with van der Waals surface area (Å²) >= 11 is 0. The number of H-pyrrole nitrogens is 1. The number of nitrogens with one attached hydrogen (secondary N) is 2. The van der Waals surface area contributed by atoms with Gasteiger partial charge in [-0.2, -0.15) is 0 Å². The highest BCUT2D eigenvalue weighted by molar-refractivity contribution is 6.46. The number of rotatable bonds is 9. The van der Waals surface area contributed by atoms with Gasteiger partial charge in [-0.15, -0.1) is 0 Å². The van der Waals surface area contributed by atoms with Crippen molar-refractivity contribution in [2.24, 2.45) is 0 Å². The van der Waals surface area contributed by atoms with Crippen molar-refractivity contribution in [1.82, 2.24) is 9.88 Å². The first-order valence-electron chi connectivity index (χ1n) is 11.7. The Bertz CT molecular complexity index is 1160. The van der Waals surface area contributed by atoms with Crippen LogP contribution in [-0.4, -0.2) is 73.0 Å². The summed E-state index contributed by atoms with van der Waals surface area (Å²) in [7, 11) is 2.79. The molecule has 0 bridgehead atoms. The maximum absolute atomic E-state index is 13.4. The molecule has 1 aliphatic rings. The van der Waals surface area contributed by atoms with E-state index in [9.17, 15) is 19.5 Å². The van der Waals surface area contributed by atoms with Crippen LogP contribution >= 0.6 is 0 Å². The molecule has 1 atom stereocenters. The predicted octanol–water partition coefficient (Wildman–Crippen LogP) is 1.77. The van der Waals surface area contributed by atoms with E-state index in [4.69, 9.17) is 9.47 Å². The molecule has 3 rings (SSSR count). The standard InChI is InChI=1S/C26H33N3O6/c1-7-28(8-2)13-14-29-22(17-11-9-10-12-18(17)34-5)20(24(31)25(29)32)23(30)19-15(3)21(26(33)35-6)27-16(19)4/h9-12,22,27,30H,7-8,13-14H2,1-6H3/p+1/b23-20-/t22-/m0/s1. The molecule has 9 nitrogen and oxygen atoms in total. The second-order valence-corrected chi connectivity index (χ2v) is 8.56. The molecule has 3 N–H and O–H groups in total. The number of esters is 1. The number of likely N-dealkylation sites (N-methyl/N-ethyl adjacent to an activating group) is 1. The lowest BCUT2D eigenvalue weighted by molar-refractivity contribution is -0.895. The number of para-hydroxylation sites is 1. The number of carbonyl (C=O) groups is 3. The third-order valence-corrected chi connectivity index (χ3v) is 6.74. The van der Waals surface area contributed by atoms with E-state index >= 15 is 0 Å². The van der Waals surface area contributed by atoms with E-state index in [0.29, 0.717) is 41.2 Å². The maximum Gasteiger partial charge on any atom is 0.354 e. The van der Waals surface area contributed by atoms with Crippen molar-refractivity contribution in [2.45, 2.75) is 33.7 Å². The Kier molecular flexibility index (Phi) is 8.01. The molecule has 2 heterocycles. The average Bonchev–Trinajstić information content (AvgIpc) is 3.30. The first-order valence-corrected chi connectivity index (χ1v) is 11.7. The van der Waals surface area contributed by atoms with Crippen molar-refractivity contribution in [1.29, 1.82) is 0 Å². The van der Waals surface area contributed by atoms with Crippen molar-refractivity contribution < 1.29 is 33.9 Å². The Morgan fingerprint density at radius 3 is 2.40 bits per heavy atom. The molecule has 1 aromatic heterocycles. The highest BCUT2D eigenvalue weighted by Crippen LogP contribution is 2.43. The summed E-state index contributed by atoms with van der Waals surface area (Å²) < 4.78 is 10.4. The number of Topliss-reactive ketones (excluding diaryl/α,β-unsaturated/α-hetero) is 1. The zero-order valence-electron chi connectivity index (χ0n) is 21.2. The number of likely N-dealkylation sites (tertiary alicyclic amines) is 1. The minimum atomic E-state index is -0.837. The van der Waals surface area contributed by atoms with Gasteiger partial charge in [0.15, 0.2) is 0 Å². The molecule has 0 saturated carbocycles. The number of aryl methyl sites for hydroxylation is 1. The average molecular weight is 485 g/mol. The Labute approximate surface area is 205 Å². The van der Waals surface area contributed by atoms with Crippen molar-refractivity contribution in [3.8, 4) is 5.75 Å². The molecule has 9 heteroatoms. The van der Waals surface area contributed by atoms with Gasteiger partial charge in [-0.1, -0.05) is 18.2 Å². The van der Waals surface area contributed by atoms with Gasteiger partial charge in [-0.3, -0.25) is 9.59 Å². The first-order chi connectivity index (χ1) is 16.7. The quantitative estimate of drug-likeness (QED) is 0.216. The molecule has 0 radical (unpaired) electrons. The van der Waals surface area contributed by atoms with Gasteiger partial charge in [0, 0.05) is 16.8 Å². The molecule has 1 amide bonds. The number of methoxy groups -OCH3 is 2. The lowest BCUT2D eigenvalue weighted by Crippen LogP contribution is -3.12. The van der Waals surface area contributed by atoms with Gasteiger partial charge >= 0.3 is 5.97 Å². The van der Waals surface area contributed by atoms with E-state index in [1.165, 1.54) is 24.0 Å². The van der Waals surface area contributed by atoms with Crippen LogP contribution in [-0.2, 0) is 14.3 Å². The topological polar surface area (TPSA) is 113 Å². The van der Waals surface area contributed by atoms with E-state index < -0.39 is 23.7 Å². The van der Waals surface area contributed by atoms with E-state index in [0.717, 1.165) is 13.1 Å². The van der Waals surface area contributed by atoms with E-state index in [-0.39, 0.29) is 17.0 Å². The number of aromatic amines is 1. The van der Waals surface area contributed by atoms with Gasteiger partial charge in [-0.25, -0.2) is 4.79 Å². The number of aliphatic hydroxyl groups is 1. The summed E-state index contributed by atoms with van der Waals surface area (Å²) in [6.45, 7) is 10.2. The summed E-state index contributed by atoms with van der Waals surface area (Å²) in [5, 5.41) is 11.5. The summed E-state index contributed by atoms with van der Waals surface area (Å²) in [6, 6.07) is 6.31. The van der Waals surface area contributed by atoms with Crippen molar-refractivity contribution in [3.05, 3.63) is 57.9 Å². The van der Waals surface area contributed by atoms with Crippen LogP contribution in [0.3, 0.4) is 0 Å². The summed E-state index contributed by atoms with van der Waals surface area (Å²) in [5.74, 6) is -1.87. The molecule has 1 aliphatic heterocycles. The highest BCUT2D eigenvalue weighted by Gasteiger charge is 2.47. The molecule has 188 valence electrons. The highest BCUT2D eigenvalue weighted by atomic mass is 16.5. The number of nitrogens with zero attached hydrogens (tertiary/aromatic N) is 1. The molecule has 0 unspecified atom stereocenters. The van der Waals surface area contributed by atoms with E-state index in [1.54, 1.807) is 38.1 Å². The third kappa shape index (κ3) is 4.68. The summed E-state index contributed by atoms with van der Waals surface area (Å²) in [6.07, 6.45) is 0. The minimum Gasteiger partial charge on any atom is -0.507 e. The largest absolute Gasteiger partial charge is 0.507 e. The molecule has 0 spiro atoms. The molecule has 1 aromatic carbocycles. The molecular weight excluding hydrogens is 450 g/mol. The monoisotopic (exact) mass is 484 g/mol. The number of quaternary nitrogens is 1. The maximum atomic E-state index is 13.4. The first kappa shape index (κ1) is 26.0. The zero-order chi connectivity index (χ0) is 25.9. The van der Waals surface area contributed by atoms with Crippen LogP contribution in [0.25, 0.3) is 5.76 Å². The lowest BCUT2D eigenvalue weighted by atomic mass is 9.93. The van der Waals surface area contributed by atoms with Crippen LogP contribution in [0.4, 0.5) is 0 Å². The number of amides is 1. The second kappa shape index (κ2) is 10.8. The van der Waals surface area contributed by atoms with Crippen LogP contribution in [0, 0.1) is 13.8 Å². The Morgan fingerprint density at radius 2 is 1.80 bits per heavy atom. The minimum absolute atomic E-state index is 0.0318. The number of ether oxygens (including phenoxy) is 2. The lowest BCUT2D eigenvalue weighted by Gasteiger charge is -2.27. The van der Waals surface area contributed by atoms with Gasteiger partial charge in [0.2, 0.25) is 0 Å². The summed E-state index contributed by atoms with van der Waals surface area (Å²) in [5.41, 5.74) is 1.97. The van der Waals surface area contributed by atoms with Gasteiger partial charge in [0.05, 0.1) is 52.0 Å². The molecular formula is C26H34N3O6+. The van der Waals surface area contributed by atoms with Gasteiger partial charge in [0.1, 0.15) is 17.2 Å². The smallest absolute Gasteiger partial charge is 0.354 e. The number of aliphatic hydroxyl groups excluding tert-OH is 1. The summed E-state index contributed by atoms with van der Waals surface area (Å²) in [4.78, 5) is 44.5. The third-order valence-electron chi connectivity index (χ3n) is 6.74. The predicted molar refractivity (Wildman–Crippen MR) is 131 cm³/mol. The van der Waals surface area contributed by atoms with Crippen LogP contribution in [0.5, 0.6) is 5.75 Å². The Hall–Kier alpha value is -3.59. The number of aromatic nitrogens is 1. The van der Waals surface area contributed by atoms with Gasteiger partial charge < -0.3 is 29.4 Å². The molecule has 2 aromatic rings. The zero-order valence-corrected chi connectivity index (χ0v) is 21.2. The fraction of sp³-hybridized carbons (Fsp3) is 0.423. The SMILES string of the molecule is CC[NH+](CC)CCN1C(=O)C(=O)/C(=C(\O)c2c(C)[nH]c(C(=O)OC)c2C)[C@@H]1c1ccccc1OC. The van der Waals surface area contributed by atoms with E-state index in [1.807, 2.05) is 0 Å². The fourth-order valence-electron chi connectivity index (χ4n) is 4.75. The van der Waals surface area contributed by atoms with Crippen molar-refractivity contribution >= 4 is 23.4 Å². The Balaban J connectivity index is 2.23. The normalized spacial score (nSPS) is 17.3. The Morgan fingerprint density at radius 1 is 1.14 bits per heavy atom. The number of hydrogen-bond donors (Lipinski definition) is 3. The molecule has 1 fully saturated rings. The van der Waals surface area contributed by atoms with Crippen molar-refractivity contribution in [2.75, 3.05) is 40.4 Å². The van der Waals surface area contributed by atoms with Crippen LogP contribution in [0.15, 0.2) is 29.8 Å². The van der Waals surface area contributed by atoms with Gasteiger partial charge in [-0.05, 0) is 39.3 Å². The van der Waals surface area contributed by atoms with Crippen LogP contribution in [0.1, 0.15) is 52.8 Å². The fourth-order valence-corrected chi connectivity index (χ4v) is 4.75. The number of benzene rings is 1. The van der Waals surface area contributed by atoms with E-state index in [2.05, 4.69) is 18.8 Å². The molecule has 1 saturated heterocycles.